The molecule has 0 aromatic rings. The summed E-state index contributed by atoms with van der Waals surface area (Å²) in [5, 5.41) is 20.5. The molecule has 0 aromatic heterocycles. The van der Waals surface area contributed by atoms with Crippen LogP contribution in [0.5, 0.6) is 0 Å². The summed E-state index contributed by atoms with van der Waals surface area (Å²) in [6.45, 7) is 2.21. The SMILES string of the molecule is CCCC1CCC(C2CCC(C(=O)O)CC2[N+](=O)[O-])CC1. The van der Waals surface area contributed by atoms with Gasteiger partial charge in [-0.15, -0.1) is 0 Å². The number of nitrogens with zero attached hydrogens (tertiary/aromatic N) is 1. The molecule has 0 aliphatic heterocycles. The predicted molar refractivity (Wildman–Crippen MR) is 79.6 cm³/mol. The van der Waals surface area contributed by atoms with Gasteiger partial charge in [-0.2, -0.15) is 0 Å². The summed E-state index contributed by atoms with van der Waals surface area (Å²) in [6, 6.07) is -0.646. The van der Waals surface area contributed by atoms with E-state index in [4.69, 9.17) is 5.11 Å². The van der Waals surface area contributed by atoms with Gasteiger partial charge in [0.1, 0.15) is 0 Å². The average molecular weight is 297 g/mol. The number of carbonyl (C=O) groups is 1. The first kappa shape index (κ1) is 16.2. The van der Waals surface area contributed by atoms with Crippen molar-refractivity contribution >= 4 is 5.97 Å². The van der Waals surface area contributed by atoms with Crippen LogP contribution in [-0.4, -0.2) is 22.0 Å². The molecule has 1 N–H and O–H groups in total. The van der Waals surface area contributed by atoms with Crippen molar-refractivity contribution in [3.63, 3.8) is 0 Å². The quantitative estimate of drug-likeness (QED) is 0.619. The molecular weight excluding hydrogens is 270 g/mol. The Balaban J connectivity index is 1.95. The third-order valence-corrected chi connectivity index (χ3v) is 5.68. The largest absolute Gasteiger partial charge is 0.481 e. The van der Waals surface area contributed by atoms with Gasteiger partial charge in [-0.25, -0.2) is 0 Å². The van der Waals surface area contributed by atoms with Crippen LogP contribution in [-0.2, 0) is 4.79 Å². The van der Waals surface area contributed by atoms with Gasteiger partial charge in [0.15, 0.2) is 0 Å². The fraction of sp³-hybridized carbons (Fsp3) is 0.938. The van der Waals surface area contributed by atoms with Gasteiger partial charge in [-0.1, -0.05) is 32.6 Å². The van der Waals surface area contributed by atoms with Gasteiger partial charge in [0, 0.05) is 17.3 Å². The Morgan fingerprint density at radius 1 is 1.19 bits per heavy atom. The standard InChI is InChI=1S/C16H27NO4/c1-2-3-11-4-6-12(7-5-11)14-9-8-13(16(18)19)10-15(14)17(20)21/h11-15H,2-10H2,1H3,(H,18,19). The van der Waals surface area contributed by atoms with Crippen molar-refractivity contribution < 1.29 is 14.8 Å². The van der Waals surface area contributed by atoms with Crippen molar-refractivity contribution in [2.75, 3.05) is 0 Å². The maximum absolute atomic E-state index is 11.4. The Morgan fingerprint density at radius 3 is 2.38 bits per heavy atom. The maximum Gasteiger partial charge on any atom is 0.306 e. The molecule has 0 amide bonds. The van der Waals surface area contributed by atoms with Crippen LogP contribution < -0.4 is 0 Å². The van der Waals surface area contributed by atoms with Crippen LogP contribution in [0.3, 0.4) is 0 Å². The Bertz CT molecular complexity index is 376. The molecular formula is C16H27NO4. The first-order valence-electron chi connectivity index (χ1n) is 8.39. The van der Waals surface area contributed by atoms with E-state index >= 15 is 0 Å². The average Bonchev–Trinajstić information content (AvgIpc) is 2.47. The topological polar surface area (TPSA) is 80.4 Å². The monoisotopic (exact) mass is 297 g/mol. The minimum absolute atomic E-state index is 0.0955. The number of carboxylic acid groups (broad SMARTS) is 1. The van der Waals surface area contributed by atoms with Crippen molar-refractivity contribution in [1.82, 2.24) is 0 Å². The number of nitro groups is 1. The molecule has 2 saturated carbocycles. The van der Waals surface area contributed by atoms with Gasteiger partial charge in [-0.3, -0.25) is 14.9 Å². The summed E-state index contributed by atoms with van der Waals surface area (Å²) < 4.78 is 0. The summed E-state index contributed by atoms with van der Waals surface area (Å²) >= 11 is 0. The molecule has 2 rings (SSSR count). The highest BCUT2D eigenvalue weighted by molar-refractivity contribution is 5.70. The summed E-state index contributed by atoms with van der Waals surface area (Å²) in [7, 11) is 0. The van der Waals surface area contributed by atoms with Crippen molar-refractivity contribution in [2.45, 2.75) is 70.8 Å². The van der Waals surface area contributed by atoms with E-state index in [0.717, 1.165) is 18.8 Å². The van der Waals surface area contributed by atoms with Crippen molar-refractivity contribution in [2.24, 2.45) is 23.7 Å². The van der Waals surface area contributed by atoms with Crippen LogP contribution in [0, 0.1) is 33.8 Å². The molecule has 2 aliphatic rings. The molecule has 0 aromatic carbocycles. The molecule has 5 heteroatoms. The molecule has 0 saturated heterocycles. The number of rotatable bonds is 5. The first-order chi connectivity index (χ1) is 10.0. The van der Waals surface area contributed by atoms with E-state index in [2.05, 4.69) is 6.92 Å². The van der Waals surface area contributed by atoms with E-state index in [1.807, 2.05) is 0 Å². The fourth-order valence-corrected chi connectivity index (χ4v) is 4.50. The highest BCUT2D eigenvalue weighted by Gasteiger charge is 2.44. The second-order valence-electron chi connectivity index (χ2n) is 6.93. The van der Waals surface area contributed by atoms with E-state index < -0.39 is 17.9 Å². The van der Waals surface area contributed by atoms with Gasteiger partial charge in [0.05, 0.1) is 5.92 Å². The van der Waals surface area contributed by atoms with E-state index in [1.165, 1.54) is 25.7 Å². The summed E-state index contributed by atoms with van der Waals surface area (Å²) in [5.74, 6) is -0.0582. The number of carboxylic acids is 1. The highest BCUT2D eigenvalue weighted by Crippen LogP contribution is 2.43. The zero-order valence-corrected chi connectivity index (χ0v) is 12.9. The second kappa shape index (κ2) is 7.23. The number of aliphatic carboxylic acids is 1. The van der Waals surface area contributed by atoms with Gasteiger partial charge >= 0.3 is 5.97 Å². The molecule has 2 aliphatic carbocycles. The molecule has 0 spiro atoms. The number of hydrogen-bond acceptors (Lipinski definition) is 3. The molecule has 3 atom stereocenters. The van der Waals surface area contributed by atoms with E-state index in [-0.39, 0.29) is 17.3 Å². The fourth-order valence-electron chi connectivity index (χ4n) is 4.50. The molecule has 0 bridgehead atoms. The summed E-state index contributed by atoms with van der Waals surface area (Å²) in [4.78, 5) is 22.2. The summed E-state index contributed by atoms with van der Waals surface area (Å²) in [5.41, 5.74) is 0. The zero-order valence-electron chi connectivity index (χ0n) is 12.9. The van der Waals surface area contributed by atoms with Gasteiger partial charge in [0.2, 0.25) is 6.04 Å². The third kappa shape index (κ3) is 3.95. The van der Waals surface area contributed by atoms with Crippen LogP contribution in [0.4, 0.5) is 0 Å². The molecule has 0 radical (unpaired) electrons. The lowest BCUT2D eigenvalue weighted by Crippen LogP contribution is -2.42. The molecule has 3 unspecified atom stereocenters. The highest BCUT2D eigenvalue weighted by atomic mass is 16.6. The zero-order chi connectivity index (χ0) is 15.4. The Morgan fingerprint density at radius 2 is 1.86 bits per heavy atom. The number of hydrogen-bond donors (Lipinski definition) is 1. The molecule has 2 fully saturated rings. The van der Waals surface area contributed by atoms with Crippen molar-refractivity contribution in [3.05, 3.63) is 10.1 Å². The van der Waals surface area contributed by atoms with E-state index in [1.54, 1.807) is 0 Å². The van der Waals surface area contributed by atoms with E-state index in [9.17, 15) is 14.9 Å². The van der Waals surface area contributed by atoms with Gasteiger partial charge < -0.3 is 5.11 Å². The Hall–Kier alpha value is -1.13. The van der Waals surface area contributed by atoms with Crippen molar-refractivity contribution in [1.29, 1.82) is 0 Å². The lowest BCUT2D eigenvalue weighted by molar-refractivity contribution is -0.539. The Labute approximate surface area is 126 Å². The van der Waals surface area contributed by atoms with Crippen LogP contribution in [0.25, 0.3) is 0 Å². The Kier molecular flexibility index (Phi) is 5.59. The molecule has 21 heavy (non-hydrogen) atoms. The van der Waals surface area contributed by atoms with Crippen LogP contribution in [0.15, 0.2) is 0 Å². The lowest BCUT2D eigenvalue weighted by Gasteiger charge is -2.38. The third-order valence-electron chi connectivity index (χ3n) is 5.68. The molecule has 0 heterocycles. The minimum atomic E-state index is -0.869. The molecule has 5 nitrogen and oxygen atoms in total. The van der Waals surface area contributed by atoms with Crippen LogP contribution in [0.1, 0.15) is 64.7 Å². The minimum Gasteiger partial charge on any atom is -0.481 e. The summed E-state index contributed by atoms with van der Waals surface area (Å²) in [6.07, 6.45) is 8.62. The predicted octanol–water partition coefficient (Wildman–Crippen LogP) is 3.74. The maximum atomic E-state index is 11.4. The second-order valence-corrected chi connectivity index (χ2v) is 6.93. The van der Waals surface area contributed by atoms with Crippen LogP contribution in [0.2, 0.25) is 0 Å². The smallest absolute Gasteiger partial charge is 0.306 e. The lowest BCUT2D eigenvalue weighted by atomic mass is 9.66. The van der Waals surface area contributed by atoms with Crippen molar-refractivity contribution in [3.8, 4) is 0 Å². The molecule has 120 valence electrons. The first-order valence-corrected chi connectivity index (χ1v) is 8.39. The van der Waals surface area contributed by atoms with Crippen LogP contribution >= 0.6 is 0 Å². The van der Waals surface area contributed by atoms with E-state index in [0.29, 0.717) is 18.8 Å². The van der Waals surface area contributed by atoms with Gasteiger partial charge in [-0.05, 0) is 37.5 Å². The van der Waals surface area contributed by atoms with Gasteiger partial charge in [0.25, 0.3) is 0 Å². The normalized spacial score (nSPS) is 37.1.